The van der Waals surface area contributed by atoms with Crippen molar-refractivity contribution in [1.29, 1.82) is 0 Å². The molecule has 0 radical (unpaired) electrons. The summed E-state index contributed by atoms with van der Waals surface area (Å²) < 4.78 is 11.0. The second kappa shape index (κ2) is 10.1. The molecule has 0 aromatic heterocycles. The lowest BCUT2D eigenvalue weighted by molar-refractivity contribution is -0.00418. The quantitative estimate of drug-likeness (QED) is 0.502. The van der Waals surface area contributed by atoms with Gasteiger partial charge in [-0.1, -0.05) is 54.6 Å². The summed E-state index contributed by atoms with van der Waals surface area (Å²) in [6, 6.07) is 22.8. The van der Waals surface area contributed by atoms with E-state index in [0.717, 1.165) is 17.7 Å². The van der Waals surface area contributed by atoms with Crippen LogP contribution in [-0.2, 0) is 11.2 Å². The summed E-state index contributed by atoms with van der Waals surface area (Å²) in [5.41, 5.74) is 2.21. The van der Waals surface area contributed by atoms with Crippen molar-refractivity contribution in [1.82, 2.24) is 5.32 Å². The van der Waals surface area contributed by atoms with Crippen LogP contribution in [0.4, 0.5) is 0 Å². The van der Waals surface area contributed by atoms with Gasteiger partial charge in [0.25, 0.3) is 0 Å². The van der Waals surface area contributed by atoms with Gasteiger partial charge in [0.2, 0.25) is 0 Å². The van der Waals surface area contributed by atoms with Gasteiger partial charge in [-0.05, 0) is 61.2 Å². The molecule has 1 unspecified atom stereocenters. The minimum atomic E-state index is -0.568. The lowest BCUT2D eigenvalue weighted by Crippen LogP contribution is -2.46. The number of methoxy groups -OCH3 is 1. The lowest BCUT2D eigenvalue weighted by atomic mass is 9.93. The molecule has 0 saturated carbocycles. The van der Waals surface area contributed by atoms with Crippen LogP contribution in [0.15, 0.2) is 66.7 Å². The fraction of sp³-hybridized carbons (Fsp3) is 0.385. The van der Waals surface area contributed by atoms with E-state index >= 15 is 0 Å². The van der Waals surface area contributed by atoms with Gasteiger partial charge in [-0.25, -0.2) is 0 Å². The van der Waals surface area contributed by atoms with Crippen molar-refractivity contribution in [3.63, 3.8) is 0 Å². The normalized spacial score (nSPS) is 13.9. The Balaban J connectivity index is 1.46. The number of fused-ring (bicyclic) bond motifs is 1. The summed E-state index contributed by atoms with van der Waals surface area (Å²) in [7, 11) is 1.65. The second-order valence-corrected chi connectivity index (χ2v) is 8.53. The van der Waals surface area contributed by atoms with Gasteiger partial charge in [0.1, 0.15) is 5.75 Å². The van der Waals surface area contributed by atoms with Crippen LogP contribution in [0.5, 0.6) is 5.75 Å². The van der Waals surface area contributed by atoms with E-state index in [2.05, 4.69) is 61.6 Å². The molecular formula is C26H33NO3. The Kier molecular flexibility index (Phi) is 7.48. The highest BCUT2D eigenvalue weighted by atomic mass is 16.5. The minimum Gasteiger partial charge on any atom is -0.497 e. The Labute approximate surface area is 179 Å². The molecule has 0 aliphatic heterocycles. The summed E-state index contributed by atoms with van der Waals surface area (Å²) in [4.78, 5) is 0. The zero-order valence-electron chi connectivity index (χ0n) is 18.4. The first-order chi connectivity index (χ1) is 14.4. The van der Waals surface area contributed by atoms with Gasteiger partial charge < -0.3 is 19.9 Å². The number of hydrogen-bond donors (Lipinski definition) is 2. The molecule has 30 heavy (non-hydrogen) atoms. The van der Waals surface area contributed by atoms with Gasteiger partial charge in [-0.15, -0.1) is 0 Å². The van der Waals surface area contributed by atoms with Gasteiger partial charge in [0, 0.05) is 12.1 Å². The Bertz CT molecular complexity index is 936. The number of hydrogen-bond acceptors (Lipinski definition) is 4. The van der Waals surface area contributed by atoms with E-state index in [0.29, 0.717) is 6.54 Å². The maximum atomic E-state index is 10.4. The zero-order valence-corrected chi connectivity index (χ0v) is 18.4. The Morgan fingerprint density at radius 2 is 1.67 bits per heavy atom. The van der Waals surface area contributed by atoms with Crippen LogP contribution in [-0.4, -0.2) is 37.0 Å². The van der Waals surface area contributed by atoms with Crippen LogP contribution in [0.1, 0.15) is 38.0 Å². The van der Waals surface area contributed by atoms with E-state index in [4.69, 9.17) is 9.47 Å². The van der Waals surface area contributed by atoms with E-state index in [1.165, 1.54) is 16.3 Å². The third-order valence-electron chi connectivity index (χ3n) is 5.40. The predicted molar refractivity (Wildman–Crippen MR) is 123 cm³/mol. The number of benzene rings is 3. The van der Waals surface area contributed by atoms with Crippen molar-refractivity contribution in [2.45, 2.75) is 44.9 Å². The first-order valence-corrected chi connectivity index (χ1v) is 10.5. The van der Waals surface area contributed by atoms with Gasteiger partial charge in [0.05, 0.1) is 25.9 Å². The molecule has 0 spiro atoms. The van der Waals surface area contributed by atoms with Gasteiger partial charge in [0.15, 0.2) is 0 Å². The third kappa shape index (κ3) is 6.30. The molecule has 3 rings (SSSR count). The molecule has 0 aliphatic rings. The van der Waals surface area contributed by atoms with Gasteiger partial charge >= 0.3 is 0 Å². The molecule has 0 saturated heterocycles. The molecule has 0 bridgehead atoms. The Morgan fingerprint density at radius 1 is 0.967 bits per heavy atom. The highest BCUT2D eigenvalue weighted by Crippen LogP contribution is 2.21. The Morgan fingerprint density at radius 3 is 2.37 bits per heavy atom. The summed E-state index contributed by atoms with van der Waals surface area (Å²) in [6.45, 7) is 7.08. The van der Waals surface area contributed by atoms with Crippen LogP contribution in [0.25, 0.3) is 10.8 Å². The van der Waals surface area contributed by atoms with E-state index in [1.54, 1.807) is 7.11 Å². The van der Waals surface area contributed by atoms with Crippen LogP contribution >= 0.6 is 0 Å². The largest absolute Gasteiger partial charge is 0.497 e. The molecule has 0 amide bonds. The molecule has 2 N–H and O–H groups in total. The molecule has 0 fully saturated rings. The van der Waals surface area contributed by atoms with Crippen molar-refractivity contribution in [2.24, 2.45) is 0 Å². The SMILES string of the molecule is COc1ccc(C(C)OC[C@H](O)CNC(C)(C)Cc2ccc3ccccc3c2)cc1. The molecule has 2 atom stereocenters. The fourth-order valence-electron chi connectivity index (χ4n) is 3.60. The number of ether oxygens (including phenoxy) is 2. The highest BCUT2D eigenvalue weighted by molar-refractivity contribution is 5.83. The van der Waals surface area contributed by atoms with Crippen molar-refractivity contribution < 1.29 is 14.6 Å². The standard InChI is InChI=1S/C26H33NO3/c1-19(21-11-13-25(29-4)14-12-21)30-18-24(28)17-27-26(2,3)16-20-9-10-22-7-5-6-8-23(22)15-20/h5-15,19,24,27-28H,16-18H2,1-4H3/t19?,24-/m1/s1. The minimum absolute atomic E-state index is 0.0869. The first kappa shape index (κ1) is 22.3. The van der Waals surface area contributed by atoms with Crippen molar-refractivity contribution in [3.8, 4) is 5.75 Å². The van der Waals surface area contributed by atoms with Crippen molar-refractivity contribution in [3.05, 3.63) is 77.9 Å². The average Bonchev–Trinajstić information content (AvgIpc) is 2.76. The van der Waals surface area contributed by atoms with Crippen LogP contribution in [0.3, 0.4) is 0 Å². The lowest BCUT2D eigenvalue weighted by Gasteiger charge is -2.28. The second-order valence-electron chi connectivity index (χ2n) is 8.53. The molecule has 0 heterocycles. The topological polar surface area (TPSA) is 50.7 Å². The van der Waals surface area contributed by atoms with Crippen molar-refractivity contribution >= 4 is 10.8 Å². The molecule has 4 heteroatoms. The molecule has 3 aromatic carbocycles. The van der Waals surface area contributed by atoms with E-state index in [1.807, 2.05) is 31.2 Å². The molecule has 160 valence electrons. The fourth-order valence-corrected chi connectivity index (χ4v) is 3.60. The Hall–Kier alpha value is -2.40. The number of aliphatic hydroxyl groups excluding tert-OH is 1. The van der Waals surface area contributed by atoms with E-state index in [-0.39, 0.29) is 18.2 Å². The highest BCUT2D eigenvalue weighted by Gasteiger charge is 2.20. The third-order valence-corrected chi connectivity index (χ3v) is 5.40. The average molecular weight is 408 g/mol. The molecule has 4 nitrogen and oxygen atoms in total. The smallest absolute Gasteiger partial charge is 0.118 e. The maximum Gasteiger partial charge on any atom is 0.118 e. The summed E-state index contributed by atoms with van der Waals surface area (Å²) in [5.74, 6) is 0.823. The predicted octanol–water partition coefficient (Wildman–Crippen LogP) is 4.90. The zero-order chi connectivity index (χ0) is 21.6. The van der Waals surface area contributed by atoms with E-state index in [9.17, 15) is 5.11 Å². The molecular weight excluding hydrogens is 374 g/mol. The maximum absolute atomic E-state index is 10.4. The van der Waals surface area contributed by atoms with Crippen LogP contribution in [0, 0.1) is 0 Å². The van der Waals surface area contributed by atoms with E-state index < -0.39 is 6.10 Å². The number of β-amino-alcohol motifs (C(OH)–C–C–N with tert-alkyl or cyclic N) is 1. The summed E-state index contributed by atoms with van der Waals surface area (Å²) >= 11 is 0. The summed E-state index contributed by atoms with van der Waals surface area (Å²) in [6.07, 6.45) is 0.228. The number of rotatable bonds is 10. The monoisotopic (exact) mass is 407 g/mol. The summed E-state index contributed by atoms with van der Waals surface area (Å²) in [5, 5.41) is 16.4. The van der Waals surface area contributed by atoms with Crippen LogP contribution < -0.4 is 10.1 Å². The van der Waals surface area contributed by atoms with Crippen LogP contribution in [0.2, 0.25) is 0 Å². The number of aliphatic hydroxyl groups is 1. The van der Waals surface area contributed by atoms with Crippen molar-refractivity contribution in [2.75, 3.05) is 20.3 Å². The van der Waals surface area contributed by atoms with Gasteiger partial charge in [-0.2, -0.15) is 0 Å². The van der Waals surface area contributed by atoms with Gasteiger partial charge in [-0.3, -0.25) is 0 Å². The first-order valence-electron chi connectivity index (χ1n) is 10.5. The molecule has 0 aliphatic carbocycles. The molecule has 3 aromatic rings. The number of nitrogens with one attached hydrogen (secondary N) is 1.